The summed E-state index contributed by atoms with van der Waals surface area (Å²) in [5, 5.41) is 0. The third-order valence-corrected chi connectivity index (χ3v) is 9.26. The number of anilines is 1. The molecule has 1 unspecified atom stereocenters. The first kappa shape index (κ1) is 35.8. The summed E-state index contributed by atoms with van der Waals surface area (Å²) >= 11 is 0. The quantitative estimate of drug-likeness (QED) is 0.0890. The van der Waals surface area contributed by atoms with E-state index in [9.17, 15) is 0 Å². The number of hydrogen-bond acceptors (Lipinski definition) is 2. The van der Waals surface area contributed by atoms with E-state index in [0.717, 1.165) is 0 Å². The van der Waals surface area contributed by atoms with Gasteiger partial charge < -0.3 is 9.80 Å². The Labute approximate surface area is 257 Å². The van der Waals surface area contributed by atoms with Crippen molar-refractivity contribution in [2.45, 2.75) is 193 Å². The highest BCUT2D eigenvalue weighted by atomic mass is 15.4. The second kappa shape index (κ2) is 26.2. The molecule has 2 nitrogen and oxygen atoms in total. The molecule has 0 saturated heterocycles. The van der Waals surface area contributed by atoms with Crippen LogP contribution in [0.2, 0.25) is 0 Å². The van der Waals surface area contributed by atoms with Crippen LogP contribution in [0.25, 0.3) is 0 Å². The SMILES string of the molecule is CCCCCCCCCCCCCCCCCC1N(CCCCCCCCCCCCC)C=CN1c1ccccc1. The zero-order valence-corrected chi connectivity index (χ0v) is 27.8. The first-order valence-corrected chi connectivity index (χ1v) is 18.6. The fourth-order valence-corrected chi connectivity index (χ4v) is 6.56. The number of unbranched alkanes of at least 4 members (excludes halogenated alkanes) is 24. The smallest absolute Gasteiger partial charge is 0.105 e. The lowest BCUT2D eigenvalue weighted by Crippen LogP contribution is -2.39. The van der Waals surface area contributed by atoms with Crippen LogP contribution in [0.1, 0.15) is 187 Å². The maximum atomic E-state index is 2.64. The Morgan fingerprint density at radius 3 is 1.27 bits per heavy atom. The van der Waals surface area contributed by atoms with Crippen LogP contribution in [-0.2, 0) is 0 Å². The molecule has 236 valence electrons. The lowest BCUT2D eigenvalue weighted by molar-refractivity contribution is 0.273. The van der Waals surface area contributed by atoms with E-state index in [1.54, 1.807) is 0 Å². The predicted molar refractivity (Wildman–Crippen MR) is 185 cm³/mol. The average Bonchev–Trinajstić information content (AvgIpc) is 3.40. The summed E-state index contributed by atoms with van der Waals surface area (Å²) in [7, 11) is 0. The van der Waals surface area contributed by atoms with Crippen molar-refractivity contribution < 1.29 is 0 Å². The standard InChI is InChI=1S/C39H70N2/c1-3-5-7-9-11-13-15-16-17-18-19-21-23-25-30-34-39-40(36-37-41(39)38-32-28-27-29-33-38)35-31-26-24-22-20-14-12-10-8-6-4-2/h27-29,32-33,36-37,39H,3-26,30-31,34-35H2,1-2H3. The van der Waals surface area contributed by atoms with Gasteiger partial charge in [-0.1, -0.05) is 186 Å². The summed E-state index contributed by atoms with van der Waals surface area (Å²) in [5.41, 5.74) is 1.34. The summed E-state index contributed by atoms with van der Waals surface area (Å²) < 4.78 is 0. The van der Waals surface area contributed by atoms with Crippen molar-refractivity contribution in [3.8, 4) is 0 Å². The second-order valence-electron chi connectivity index (χ2n) is 13.0. The number of nitrogens with zero attached hydrogens (tertiary/aromatic N) is 2. The Balaban J connectivity index is 1.54. The fourth-order valence-electron chi connectivity index (χ4n) is 6.56. The van der Waals surface area contributed by atoms with E-state index in [1.807, 2.05) is 0 Å². The number of para-hydroxylation sites is 1. The maximum Gasteiger partial charge on any atom is 0.105 e. The molecule has 0 fully saturated rings. The van der Waals surface area contributed by atoms with Crippen molar-refractivity contribution in [1.82, 2.24) is 4.90 Å². The molecule has 2 heteroatoms. The van der Waals surface area contributed by atoms with Gasteiger partial charge >= 0.3 is 0 Å². The van der Waals surface area contributed by atoms with Gasteiger partial charge in [0.1, 0.15) is 6.17 Å². The lowest BCUT2D eigenvalue weighted by Gasteiger charge is -2.33. The topological polar surface area (TPSA) is 6.48 Å². The van der Waals surface area contributed by atoms with Crippen LogP contribution in [0.4, 0.5) is 5.69 Å². The van der Waals surface area contributed by atoms with Crippen molar-refractivity contribution in [3.63, 3.8) is 0 Å². The average molecular weight is 567 g/mol. The van der Waals surface area contributed by atoms with Crippen molar-refractivity contribution in [2.24, 2.45) is 0 Å². The zero-order chi connectivity index (χ0) is 29.1. The highest BCUT2D eigenvalue weighted by molar-refractivity contribution is 5.51. The summed E-state index contributed by atoms with van der Waals surface area (Å²) in [4.78, 5) is 5.17. The summed E-state index contributed by atoms with van der Waals surface area (Å²) in [6.07, 6.45) is 43.6. The molecule has 1 aromatic carbocycles. The molecule has 1 aromatic rings. The predicted octanol–water partition coefficient (Wildman–Crippen LogP) is 13.2. The monoisotopic (exact) mass is 567 g/mol. The molecule has 0 amide bonds. The number of benzene rings is 1. The molecule has 0 radical (unpaired) electrons. The second-order valence-corrected chi connectivity index (χ2v) is 13.0. The van der Waals surface area contributed by atoms with E-state index < -0.39 is 0 Å². The van der Waals surface area contributed by atoms with Gasteiger partial charge in [-0.15, -0.1) is 0 Å². The van der Waals surface area contributed by atoms with E-state index in [-0.39, 0.29) is 0 Å². The Kier molecular flexibility index (Phi) is 22.9. The first-order chi connectivity index (χ1) is 20.4. The van der Waals surface area contributed by atoms with E-state index in [2.05, 4.69) is 66.4 Å². The molecular formula is C39H70N2. The Hall–Kier alpha value is -1.44. The molecule has 41 heavy (non-hydrogen) atoms. The normalized spacial score (nSPS) is 14.9. The molecule has 0 bridgehead atoms. The molecule has 0 aromatic heterocycles. The van der Waals surface area contributed by atoms with Crippen molar-refractivity contribution in [1.29, 1.82) is 0 Å². The largest absolute Gasteiger partial charge is 0.356 e. The van der Waals surface area contributed by atoms with E-state index in [4.69, 9.17) is 0 Å². The van der Waals surface area contributed by atoms with Crippen LogP contribution < -0.4 is 4.90 Å². The third-order valence-electron chi connectivity index (χ3n) is 9.26. The summed E-state index contributed by atoms with van der Waals surface area (Å²) in [6, 6.07) is 11.0. The van der Waals surface area contributed by atoms with Crippen LogP contribution in [0.3, 0.4) is 0 Å². The van der Waals surface area contributed by atoms with Gasteiger partial charge in [0.05, 0.1) is 0 Å². The summed E-state index contributed by atoms with van der Waals surface area (Å²) in [5.74, 6) is 0. The van der Waals surface area contributed by atoms with E-state index in [0.29, 0.717) is 6.17 Å². The van der Waals surface area contributed by atoms with E-state index >= 15 is 0 Å². The molecule has 0 aliphatic carbocycles. The first-order valence-electron chi connectivity index (χ1n) is 18.6. The molecular weight excluding hydrogens is 496 g/mol. The Bertz CT molecular complexity index is 699. The maximum absolute atomic E-state index is 2.64. The van der Waals surface area contributed by atoms with Gasteiger partial charge in [-0.25, -0.2) is 0 Å². The molecule has 0 N–H and O–H groups in total. The molecule has 1 atom stereocenters. The van der Waals surface area contributed by atoms with Gasteiger partial charge in [0.2, 0.25) is 0 Å². The molecule has 2 rings (SSSR count). The molecule has 1 aliphatic heterocycles. The van der Waals surface area contributed by atoms with Gasteiger partial charge in [-0.3, -0.25) is 0 Å². The zero-order valence-electron chi connectivity index (χ0n) is 27.8. The minimum atomic E-state index is 0.502. The highest BCUT2D eigenvalue weighted by Crippen LogP contribution is 2.28. The van der Waals surface area contributed by atoms with Gasteiger partial charge in [-0.05, 0) is 31.4 Å². The third kappa shape index (κ3) is 18.0. The van der Waals surface area contributed by atoms with Gasteiger partial charge in [0.25, 0.3) is 0 Å². The molecule has 1 heterocycles. The molecule has 0 saturated carbocycles. The van der Waals surface area contributed by atoms with Crippen molar-refractivity contribution >= 4 is 5.69 Å². The molecule has 0 spiro atoms. The Morgan fingerprint density at radius 1 is 0.439 bits per heavy atom. The minimum Gasteiger partial charge on any atom is -0.356 e. The van der Waals surface area contributed by atoms with Crippen molar-refractivity contribution in [2.75, 3.05) is 11.4 Å². The summed E-state index contributed by atoms with van der Waals surface area (Å²) in [6.45, 7) is 5.82. The lowest BCUT2D eigenvalue weighted by atomic mass is 10.0. The number of rotatable bonds is 29. The van der Waals surface area contributed by atoms with Crippen LogP contribution in [0.15, 0.2) is 42.7 Å². The van der Waals surface area contributed by atoms with Crippen molar-refractivity contribution in [3.05, 3.63) is 42.7 Å². The van der Waals surface area contributed by atoms with Crippen LogP contribution in [-0.4, -0.2) is 17.6 Å². The highest BCUT2D eigenvalue weighted by Gasteiger charge is 2.26. The van der Waals surface area contributed by atoms with Crippen LogP contribution in [0.5, 0.6) is 0 Å². The van der Waals surface area contributed by atoms with E-state index in [1.165, 1.54) is 186 Å². The van der Waals surface area contributed by atoms with Gasteiger partial charge in [0, 0.05) is 24.6 Å². The fraction of sp³-hybridized carbons (Fsp3) is 0.795. The minimum absolute atomic E-state index is 0.502. The molecule has 1 aliphatic rings. The van der Waals surface area contributed by atoms with Gasteiger partial charge in [0.15, 0.2) is 0 Å². The van der Waals surface area contributed by atoms with Crippen LogP contribution >= 0.6 is 0 Å². The van der Waals surface area contributed by atoms with Gasteiger partial charge in [-0.2, -0.15) is 0 Å². The van der Waals surface area contributed by atoms with Crippen LogP contribution in [0, 0.1) is 0 Å². The number of hydrogen-bond donors (Lipinski definition) is 0. The Morgan fingerprint density at radius 2 is 0.829 bits per heavy atom.